The van der Waals surface area contributed by atoms with Gasteiger partial charge in [-0.2, -0.15) is 0 Å². The number of benzene rings is 2. The van der Waals surface area contributed by atoms with Crippen LogP contribution in [0, 0.1) is 6.92 Å². The Hall–Kier alpha value is -2.29. The SMILES string of the molecule is Cc1ccc(S(N)(=O)=O)cc1C(=O)OCc1nc2ccccc2s1. The van der Waals surface area contributed by atoms with Crippen LogP contribution in [0.3, 0.4) is 0 Å². The molecule has 0 aliphatic carbocycles. The van der Waals surface area contributed by atoms with Crippen molar-refractivity contribution in [2.24, 2.45) is 5.14 Å². The zero-order chi connectivity index (χ0) is 17.3. The predicted octanol–water partition coefficient (Wildman–Crippen LogP) is 2.61. The van der Waals surface area contributed by atoms with Crippen molar-refractivity contribution < 1.29 is 17.9 Å². The van der Waals surface area contributed by atoms with Crippen molar-refractivity contribution >= 4 is 37.5 Å². The summed E-state index contributed by atoms with van der Waals surface area (Å²) in [7, 11) is -3.88. The molecule has 1 heterocycles. The van der Waals surface area contributed by atoms with Gasteiger partial charge in [-0.15, -0.1) is 11.3 Å². The fourth-order valence-corrected chi connectivity index (χ4v) is 3.61. The molecule has 0 unspecified atom stereocenters. The molecule has 1 aromatic heterocycles. The molecule has 0 radical (unpaired) electrons. The van der Waals surface area contributed by atoms with Gasteiger partial charge in [0, 0.05) is 0 Å². The van der Waals surface area contributed by atoms with Gasteiger partial charge in [0.2, 0.25) is 10.0 Å². The van der Waals surface area contributed by atoms with E-state index in [0.717, 1.165) is 10.2 Å². The summed E-state index contributed by atoms with van der Waals surface area (Å²) in [6.45, 7) is 1.72. The summed E-state index contributed by atoms with van der Waals surface area (Å²) in [4.78, 5) is 16.5. The van der Waals surface area contributed by atoms with Crippen LogP contribution in [0.2, 0.25) is 0 Å². The summed E-state index contributed by atoms with van der Waals surface area (Å²) in [6, 6.07) is 11.7. The highest BCUT2D eigenvalue weighted by molar-refractivity contribution is 7.89. The maximum absolute atomic E-state index is 12.3. The van der Waals surface area contributed by atoms with E-state index in [2.05, 4.69) is 4.98 Å². The normalized spacial score (nSPS) is 11.6. The molecule has 124 valence electrons. The molecule has 0 spiro atoms. The number of esters is 1. The number of carbonyl (C=O) groups excluding carboxylic acids is 1. The van der Waals surface area contributed by atoms with E-state index in [1.165, 1.54) is 29.5 Å². The Morgan fingerprint density at radius 1 is 1.25 bits per heavy atom. The number of hydrogen-bond donors (Lipinski definition) is 1. The number of fused-ring (bicyclic) bond motifs is 1. The topological polar surface area (TPSA) is 99.4 Å². The van der Waals surface area contributed by atoms with Crippen LogP contribution in [0.15, 0.2) is 47.4 Å². The molecule has 0 saturated carbocycles. The van der Waals surface area contributed by atoms with Gasteiger partial charge in [-0.1, -0.05) is 18.2 Å². The van der Waals surface area contributed by atoms with E-state index in [0.29, 0.717) is 10.6 Å². The van der Waals surface area contributed by atoms with Crippen LogP contribution >= 0.6 is 11.3 Å². The highest BCUT2D eigenvalue weighted by Gasteiger charge is 2.16. The first kappa shape index (κ1) is 16.6. The van der Waals surface area contributed by atoms with Crippen molar-refractivity contribution in [1.82, 2.24) is 4.98 Å². The molecule has 0 fully saturated rings. The fourth-order valence-electron chi connectivity index (χ4n) is 2.18. The number of primary sulfonamides is 1. The summed E-state index contributed by atoms with van der Waals surface area (Å²) in [5.74, 6) is -0.614. The monoisotopic (exact) mass is 362 g/mol. The molecule has 0 atom stereocenters. The van der Waals surface area contributed by atoms with E-state index in [1.807, 2.05) is 24.3 Å². The lowest BCUT2D eigenvalue weighted by atomic mass is 10.1. The smallest absolute Gasteiger partial charge is 0.338 e. The molecule has 8 heteroatoms. The van der Waals surface area contributed by atoms with Gasteiger partial charge in [0.25, 0.3) is 0 Å². The summed E-state index contributed by atoms with van der Waals surface area (Å²) in [5.41, 5.74) is 1.63. The molecule has 0 saturated heterocycles. The number of ether oxygens (including phenoxy) is 1. The van der Waals surface area contributed by atoms with E-state index in [-0.39, 0.29) is 17.1 Å². The highest BCUT2D eigenvalue weighted by atomic mass is 32.2. The minimum absolute atomic E-state index is 0.0250. The first-order valence-corrected chi connectivity index (χ1v) is 9.36. The minimum atomic E-state index is -3.88. The Labute approximate surface area is 143 Å². The third kappa shape index (κ3) is 3.45. The van der Waals surface area contributed by atoms with Gasteiger partial charge in [0.1, 0.15) is 11.6 Å². The van der Waals surface area contributed by atoms with Crippen LogP contribution in [0.25, 0.3) is 10.2 Å². The molecule has 3 rings (SSSR count). The van der Waals surface area contributed by atoms with Gasteiger partial charge in [-0.3, -0.25) is 0 Å². The van der Waals surface area contributed by atoms with Crippen molar-refractivity contribution in [3.8, 4) is 0 Å². The first-order valence-electron chi connectivity index (χ1n) is 6.99. The fraction of sp³-hybridized carbons (Fsp3) is 0.125. The zero-order valence-electron chi connectivity index (χ0n) is 12.7. The quantitative estimate of drug-likeness (QED) is 0.719. The van der Waals surface area contributed by atoms with Crippen LogP contribution in [0.5, 0.6) is 0 Å². The van der Waals surface area contributed by atoms with Crippen LogP contribution in [-0.2, 0) is 21.4 Å². The van der Waals surface area contributed by atoms with Crippen LogP contribution in [-0.4, -0.2) is 19.4 Å². The van der Waals surface area contributed by atoms with Crippen molar-refractivity contribution in [3.05, 3.63) is 58.6 Å². The number of nitrogens with zero attached hydrogens (tertiary/aromatic N) is 1. The Kier molecular flexibility index (Phi) is 4.35. The second kappa shape index (κ2) is 6.31. The van der Waals surface area contributed by atoms with E-state index in [9.17, 15) is 13.2 Å². The molecule has 6 nitrogen and oxygen atoms in total. The summed E-state index contributed by atoms with van der Waals surface area (Å²) in [6.07, 6.45) is 0. The van der Waals surface area contributed by atoms with E-state index >= 15 is 0 Å². The highest BCUT2D eigenvalue weighted by Crippen LogP contribution is 2.23. The molecule has 0 aliphatic rings. The van der Waals surface area contributed by atoms with E-state index < -0.39 is 16.0 Å². The number of thiazole rings is 1. The van der Waals surface area contributed by atoms with Crippen LogP contribution in [0.4, 0.5) is 0 Å². The predicted molar refractivity (Wildman–Crippen MR) is 91.3 cm³/mol. The van der Waals surface area contributed by atoms with Crippen molar-refractivity contribution in [1.29, 1.82) is 0 Å². The molecule has 3 aromatic rings. The third-order valence-electron chi connectivity index (χ3n) is 3.42. The van der Waals surface area contributed by atoms with Gasteiger partial charge in [-0.05, 0) is 36.8 Å². The van der Waals surface area contributed by atoms with Crippen LogP contribution in [0.1, 0.15) is 20.9 Å². The second-order valence-corrected chi connectivity index (χ2v) is 7.85. The first-order chi connectivity index (χ1) is 11.3. The molecular formula is C16H14N2O4S2. The van der Waals surface area contributed by atoms with Crippen LogP contribution < -0.4 is 5.14 Å². The maximum atomic E-state index is 12.3. The lowest BCUT2D eigenvalue weighted by Crippen LogP contribution is -2.14. The average molecular weight is 362 g/mol. The largest absolute Gasteiger partial charge is 0.455 e. The molecule has 0 amide bonds. The Morgan fingerprint density at radius 3 is 2.71 bits per heavy atom. The molecule has 0 bridgehead atoms. The molecule has 2 N–H and O–H groups in total. The number of para-hydroxylation sites is 1. The molecule has 24 heavy (non-hydrogen) atoms. The number of aromatic nitrogens is 1. The zero-order valence-corrected chi connectivity index (χ0v) is 14.4. The Bertz CT molecular complexity index is 992. The Morgan fingerprint density at radius 2 is 2.00 bits per heavy atom. The van der Waals surface area contributed by atoms with Crippen molar-refractivity contribution in [3.63, 3.8) is 0 Å². The third-order valence-corrected chi connectivity index (χ3v) is 5.34. The maximum Gasteiger partial charge on any atom is 0.338 e. The number of sulfonamides is 1. The van der Waals surface area contributed by atoms with Gasteiger partial charge < -0.3 is 4.74 Å². The summed E-state index contributed by atoms with van der Waals surface area (Å²) < 4.78 is 29.1. The number of hydrogen-bond acceptors (Lipinski definition) is 6. The molecule has 2 aromatic carbocycles. The average Bonchev–Trinajstić information content (AvgIpc) is 2.94. The summed E-state index contributed by atoms with van der Waals surface area (Å²) in [5, 5.41) is 5.77. The molecule has 0 aliphatic heterocycles. The van der Waals surface area contributed by atoms with Gasteiger partial charge >= 0.3 is 5.97 Å². The lowest BCUT2D eigenvalue weighted by Gasteiger charge is -2.07. The number of carbonyl (C=O) groups is 1. The lowest BCUT2D eigenvalue weighted by molar-refractivity contribution is 0.0471. The number of nitrogens with two attached hydrogens (primary N) is 1. The molecular weight excluding hydrogens is 348 g/mol. The van der Waals surface area contributed by atoms with Crippen molar-refractivity contribution in [2.75, 3.05) is 0 Å². The van der Waals surface area contributed by atoms with Gasteiger partial charge in [0.15, 0.2) is 0 Å². The van der Waals surface area contributed by atoms with E-state index in [1.54, 1.807) is 6.92 Å². The standard InChI is InChI=1S/C16H14N2O4S2/c1-10-6-7-11(24(17,20)21)8-12(10)16(19)22-9-15-18-13-4-2-3-5-14(13)23-15/h2-8H,9H2,1H3,(H2,17,20,21). The van der Waals surface area contributed by atoms with Crippen molar-refractivity contribution in [2.45, 2.75) is 18.4 Å². The Balaban J connectivity index is 1.79. The minimum Gasteiger partial charge on any atom is -0.455 e. The van der Waals surface area contributed by atoms with Gasteiger partial charge in [0.05, 0.1) is 20.7 Å². The second-order valence-electron chi connectivity index (χ2n) is 5.17. The van der Waals surface area contributed by atoms with E-state index in [4.69, 9.17) is 9.88 Å². The summed E-state index contributed by atoms with van der Waals surface area (Å²) >= 11 is 1.44. The number of rotatable bonds is 4. The van der Waals surface area contributed by atoms with Gasteiger partial charge in [-0.25, -0.2) is 23.3 Å². The number of aryl methyl sites for hydroxylation is 1.